The van der Waals surface area contributed by atoms with Gasteiger partial charge in [-0.2, -0.15) is 0 Å². The van der Waals surface area contributed by atoms with Crippen molar-refractivity contribution in [3.05, 3.63) is 186 Å². The molecule has 0 spiro atoms. The minimum atomic E-state index is -0.182. The summed E-state index contributed by atoms with van der Waals surface area (Å²) < 4.78 is 2.59. The van der Waals surface area contributed by atoms with Crippen LogP contribution in [0.25, 0.3) is 71.3 Å². The van der Waals surface area contributed by atoms with Gasteiger partial charge in [-0.1, -0.05) is 153 Å². The maximum atomic E-state index is 2.59. The number of benzene rings is 8. The summed E-state index contributed by atoms with van der Waals surface area (Å²) in [4.78, 5) is 0. The van der Waals surface area contributed by atoms with Gasteiger partial charge in [-0.25, -0.2) is 0 Å². The second kappa shape index (κ2) is 10.1. The van der Waals surface area contributed by atoms with Crippen LogP contribution in [0.15, 0.2) is 158 Å². The fourth-order valence-electron chi connectivity index (χ4n) is 9.87. The molecule has 0 saturated carbocycles. The fourth-order valence-corrected chi connectivity index (χ4v) is 9.87. The summed E-state index contributed by atoms with van der Waals surface area (Å²) in [5.41, 5.74) is 16.1. The zero-order valence-corrected chi connectivity index (χ0v) is 28.2. The summed E-state index contributed by atoms with van der Waals surface area (Å²) >= 11 is 0. The molecule has 8 aromatic carbocycles. The van der Waals surface area contributed by atoms with Crippen LogP contribution in [0.5, 0.6) is 0 Å². The first-order chi connectivity index (χ1) is 24.6. The minimum Gasteiger partial charge on any atom is -0.309 e. The predicted octanol–water partition coefficient (Wildman–Crippen LogP) is 12.8. The van der Waals surface area contributed by atoms with Crippen molar-refractivity contribution in [2.75, 3.05) is 0 Å². The smallest absolute Gasteiger partial charge is 0.0629 e. The molecule has 1 nitrogen and oxygen atoms in total. The average molecular weight is 638 g/mol. The van der Waals surface area contributed by atoms with Crippen LogP contribution < -0.4 is 0 Å². The molecular formula is C49H35N. The largest absolute Gasteiger partial charge is 0.309 e. The molecule has 1 aromatic heterocycles. The summed E-state index contributed by atoms with van der Waals surface area (Å²) in [7, 11) is 0. The Kier molecular flexibility index (Phi) is 5.63. The van der Waals surface area contributed by atoms with E-state index in [1.165, 1.54) is 99.1 Å². The third kappa shape index (κ3) is 3.62. The molecule has 50 heavy (non-hydrogen) atoms. The first kappa shape index (κ1) is 28.0. The van der Waals surface area contributed by atoms with E-state index < -0.39 is 0 Å². The normalized spacial score (nSPS) is 15.7. The van der Waals surface area contributed by atoms with E-state index in [-0.39, 0.29) is 5.41 Å². The highest BCUT2D eigenvalue weighted by Crippen LogP contribution is 2.58. The van der Waals surface area contributed by atoms with Gasteiger partial charge in [0, 0.05) is 33.4 Å². The van der Waals surface area contributed by atoms with Crippen molar-refractivity contribution >= 4 is 43.4 Å². The van der Waals surface area contributed by atoms with Crippen molar-refractivity contribution in [1.82, 2.24) is 4.57 Å². The van der Waals surface area contributed by atoms with E-state index in [0.29, 0.717) is 5.92 Å². The molecule has 1 heterocycles. The molecule has 2 aliphatic carbocycles. The van der Waals surface area contributed by atoms with Gasteiger partial charge in [0.25, 0.3) is 0 Å². The van der Waals surface area contributed by atoms with Gasteiger partial charge in [-0.05, 0) is 90.7 Å². The van der Waals surface area contributed by atoms with Crippen LogP contribution >= 0.6 is 0 Å². The highest BCUT2D eigenvalue weighted by molar-refractivity contribution is 6.28. The van der Waals surface area contributed by atoms with Gasteiger partial charge in [0.05, 0.1) is 11.0 Å². The lowest BCUT2D eigenvalue weighted by molar-refractivity contribution is 0.672. The molecule has 0 aliphatic heterocycles. The highest BCUT2D eigenvalue weighted by atomic mass is 15.0. The van der Waals surface area contributed by atoms with Gasteiger partial charge in [0.2, 0.25) is 0 Å². The van der Waals surface area contributed by atoms with E-state index >= 15 is 0 Å². The van der Waals surface area contributed by atoms with E-state index in [0.717, 1.165) is 6.42 Å². The predicted molar refractivity (Wildman–Crippen MR) is 211 cm³/mol. The van der Waals surface area contributed by atoms with Crippen LogP contribution in [-0.4, -0.2) is 4.57 Å². The molecule has 1 unspecified atom stereocenters. The number of fused-ring (bicyclic) bond motifs is 15. The van der Waals surface area contributed by atoms with Crippen molar-refractivity contribution < 1.29 is 0 Å². The molecule has 11 rings (SSSR count). The standard InChI is InChI=1S/C49H35N/c1-49(2)46-35-19-9-6-16-31(35)24-26-40(46)45-47(49)38-21-11-10-20-37(38)44-39-22-12-13-23-43(39)50(48(44)45)33-25-27-36-41(30-14-4-3-5-15-30)28-32-17-7-8-18-34(32)42(36)29-33/h3-27,29,41H,28H2,1-2H3. The first-order valence-corrected chi connectivity index (χ1v) is 17.9. The minimum absolute atomic E-state index is 0.182. The van der Waals surface area contributed by atoms with Crippen LogP contribution in [-0.2, 0) is 11.8 Å². The van der Waals surface area contributed by atoms with E-state index in [2.05, 4.69) is 176 Å². The van der Waals surface area contributed by atoms with E-state index in [1.807, 2.05) is 0 Å². The van der Waals surface area contributed by atoms with Crippen LogP contribution in [0.2, 0.25) is 0 Å². The fraction of sp³-hybridized carbons (Fsp3) is 0.102. The molecule has 0 radical (unpaired) electrons. The molecule has 9 aromatic rings. The van der Waals surface area contributed by atoms with Gasteiger partial charge in [0.1, 0.15) is 0 Å². The Labute approximate surface area is 292 Å². The third-order valence-corrected chi connectivity index (χ3v) is 11.9. The lowest BCUT2D eigenvalue weighted by atomic mass is 9.75. The molecule has 0 amide bonds. The molecule has 236 valence electrons. The zero-order chi connectivity index (χ0) is 33.1. The second-order valence-corrected chi connectivity index (χ2v) is 14.8. The van der Waals surface area contributed by atoms with Crippen LogP contribution in [0.3, 0.4) is 0 Å². The third-order valence-electron chi connectivity index (χ3n) is 11.9. The molecule has 0 fully saturated rings. The Hall–Kier alpha value is -5.92. The van der Waals surface area contributed by atoms with Crippen molar-refractivity contribution in [2.45, 2.75) is 31.6 Å². The van der Waals surface area contributed by atoms with Gasteiger partial charge in [-0.3, -0.25) is 0 Å². The highest BCUT2D eigenvalue weighted by Gasteiger charge is 2.41. The van der Waals surface area contributed by atoms with Crippen molar-refractivity contribution in [1.29, 1.82) is 0 Å². The zero-order valence-electron chi connectivity index (χ0n) is 28.2. The maximum Gasteiger partial charge on any atom is 0.0629 e. The van der Waals surface area contributed by atoms with Gasteiger partial charge >= 0.3 is 0 Å². The van der Waals surface area contributed by atoms with Crippen LogP contribution in [0, 0.1) is 0 Å². The number of nitrogens with zero attached hydrogens (tertiary/aromatic N) is 1. The number of hydrogen-bond acceptors (Lipinski definition) is 0. The monoisotopic (exact) mass is 637 g/mol. The summed E-state index contributed by atoms with van der Waals surface area (Å²) in [5, 5.41) is 7.97. The summed E-state index contributed by atoms with van der Waals surface area (Å²) in [6, 6.07) is 59.2. The van der Waals surface area contributed by atoms with Crippen molar-refractivity contribution in [3.63, 3.8) is 0 Å². The number of aromatic nitrogens is 1. The van der Waals surface area contributed by atoms with Crippen molar-refractivity contribution in [3.8, 4) is 27.9 Å². The van der Waals surface area contributed by atoms with Gasteiger partial charge in [0.15, 0.2) is 0 Å². The number of rotatable bonds is 2. The summed E-state index contributed by atoms with van der Waals surface area (Å²) in [5.74, 6) is 0.322. The number of hydrogen-bond donors (Lipinski definition) is 0. The Morgan fingerprint density at radius 1 is 0.540 bits per heavy atom. The van der Waals surface area contributed by atoms with E-state index in [1.54, 1.807) is 0 Å². The lowest BCUT2D eigenvalue weighted by Gasteiger charge is -2.29. The second-order valence-electron chi connectivity index (χ2n) is 14.8. The van der Waals surface area contributed by atoms with Gasteiger partial charge < -0.3 is 4.57 Å². The summed E-state index contributed by atoms with van der Waals surface area (Å²) in [6.45, 7) is 4.88. The summed E-state index contributed by atoms with van der Waals surface area (Å²) in [6.07, 6.45) is 1.02. The molecule has 0 bridgehead atoms. The molecule has 1 heteroatoms. The molecule has 2 aliphatic rings. The maximum absolute atomic E-state index is 2.59. The topological polar surface area (TPSA) is 4.93 Å². The molecular weight excluding hydrogens is 603 g/mol. The lowest BCUT2D eigenvalue weighted by Crippen LogP contribution is -2.16. The van der Waals surface area contributed by atoms with Crippen molar-refractivity contribution in [2.24, 2.45) is 0 Å². The van der Waals surface area contributed by atoms with E-state index in [9.17, 15) is 0 Å². The number of para-hydroxylation sites is 1. The Morgan fingerprint density at radius 3 is 2.10 bits per heavy atom. The van der Waals surface area contributed by atoms with Crippen LogP contribution in [0.4, 0.5) is 0 Å². The molecule has 0 saturated heterocycles. The Balaban J connectivity index is 1.29. The Morgan fingerprint density at radius 2 is 1.24 bits per heavy atom. The van der Waals surface area contributed by atoms with Crippen LogP contribution in [0.1, 0.15) is 47.6 Å². The molecule has 0 N–H and O–H groups in total. The van der Waals surface area contributed by atoms with E-state index in [4.69, 9.17) is 0 Å². The Bertz CT molecular complexity index is 2870. The quantitative estimate of drug-likeness (QED) is 0.178. The first-order valence-electron chi connectivity index (χ1n) is 17.9. The molecule has 1 atom stereocenters. The average Bonchev–Trinajstić information content (AvgIpc) is 3.64. The van der Waals surface area contributed by atoms with Gasteiger partial charge in [-0.15, -0.1) is 0 Å². The SMILES string of the molecule is CC1(C)c2c(ccc3ccccc23)-c2c1c1ccccc1c1c3ccccc3n(-c3ccc4c(c3)-c3ccccc3CC4c3ccccc3)c21.